The first-order chi connectivity index (χ1) is 10.1. The van der Waals surface area contributed by atoms with E-state index in [1.54, 1.807) is 0 Å². The molecule has 1 unspecified atom stereocenters. The summed E-state index contributed by atoms with van der Waals surface area (Å²) in [4.78, 5) is 2.14. The molecule has 0 bridgehead atoms. The molecule has 1 aliphatic rings. The number of hydrogen-bond acceptors (Lipinski definition) is 2. The number of hydrogen-bond donors (Lipinski definition) is 1. The minimum absolute atomic E-state index is 0.125. The summed E-state index contributed by atoms with van der Waals surface area (Å²) >= 11 is 0. The number of halogens is 2. The molecule has 1 aliphatic heterocycles. The Kier molecular flexibility index (Phi) is 5.33. The van der Waals surface area contributed by atoms with Crippen molar-refractivity contribution in [1.82, 2.24) is 4.90 Å². The molecule has 1 fully saturated rings. The monoisotopic (exact) mass is 296 g/mol. The van der Waals surface area contributed by atoms with Gasteiger partial charge in [-0.25, -0.2) is 8.78 Å². The number of benzene rings is 1. The van der Waals surface area contributed by atoms with Crippen molar-refractivity contribution in [2.24, 2.45) is 11.1 Å². The van der Waals surface area contributed by atoms with E-state index in [-0.39, 0.29) is 18.2 Å². The second-order valence-electron chi connectivity index (χ2n) is 6.13. The maximum absolute atomic E-state index is 14.0. The van der Waals surface area contributed by atoms with Crippen molar-refractivity contribution in [1.29, 1.82) is 0 Å². The van der Waals surface area contributed by atoms with Crippen LogP contribution < -0.4 is 5.73 Å². The molecule has 2 rings (SSSR count). The van der Waals surface area contributed by atoms with Gasteiger partial charge in [0.2, 0.25) is 0 Å². The van der Waals surface area contributed by atoms with Gasteiger partial charge < -0.3 is 5.73 Å². The highest BCUT2D eigenvalue weighted by atomic mass is 19.1. The molecule has 2 N–H and O–H groups in total. The summed E-state index contributed by atoms with van der Waals surface area (Å²) in [5.74, 6) is -0.985. The fraction of sp³-hybridized carbons (Fsp3) is 0.647. The Morgan fingerprint density at radius 2 is 1.67 bits per heavy atom. The number of rotatable bonds is 5. The molecule has 21 heavy (non-hydrogen) atoms. The van der Waals surface area contributed by atoms with Crippen LogP contribution in [0.1, 0.15) is 51.1 Å². The molecule has 0 aromatic heterocycles. The molecule has 0 radical (unpaired) electrons. The van der Waals surface area contributed by atoms with Crippen LogP contribution >= 0.6 is 0 Å². The van der Waals surface area contributed by atoms with Gasteiger partial charge in [0.05, 0.1) is 6.04 Å². The number of likely N-dealkylation sites (tertiary alicyclic amines) is 1. The van der Waals surface area contributed by atoms with Crippen LogP contribution in [0.25, 0.3) is 0 Å². The molecule has 0 aliphatic carbocycles. The van der Waals surface area contributed by atoms with Crippen LogP contribution in [0, 0.1) is 17.0 Å². The Morgan fingerprint density at radius 1 is 1.14 bits per heavy atom. The highest BCUT2D eigenvalue weighted by Gasteiger charge is 2.35. The van der Waals surface area contributed by atoms with E-state index in [0.717, 1.165) is 25.9 Å². The fourth-order valence-electron chi connectivity index (χ4n) is 3.55. The average molecular weight is 296 g/mol. The third-order valence-corrected chi connectivity index (χ3v) is 5.36. The standard InChI is InChI=1S/C17H26F2N2/c1-3-17(4-2)8-10-21(11-9-17)15(12-20)16-13(18)6-5-7-14(16)19/h5-7,15H,3-4,8-12,20H2,1-2H3. The number of piperidine rings is 1. The second kappa shape index (κ2) is 6.84. The zero-order valence-electron chi connectivity index (χ0n) is 13.0. The molecule has 4 heteroatoms. The maximum atomic E-state index is 14.0. The van der Waals surface area contributed by atoms with Crippen LogP contribution in [0.2, 0.25) is 0 Å². The van der Waals surface area contributed by atoms with Gasteiger partial charge in [0, 0.05) is 12.1 Å². The lowest BCUT2D eigenvalue weighted by Gasteiger charge is -2.44. The summed E-state index contributed by atoms with van der Waals surface area (Å²) in [5, 5.41) is 0. The summed E-state index contributed by atoms with van der Waals surface area (Å²) < 4.78 is 28.0. The molecule has 1 aromatic rings. The van der Waals surface area contributed by atoms with Crippen molar-refractivity contribution in [2.75, 3.05) is 19.6 Å². The Hall–Kier alpha value is -1.00. The van der Waals surface area contributed by atoms with Gasteiger partial charge in [0.15, 0.2) is 0 Å². The lowest BCUT2D eigenvalue weighted by atomic mass is 9.74. The Balaban J connectivity index is 2.17. The van der Waals surface area contributed by atoms with Crippen LogP contribution in [0.15, 0.2) is 18.2 Å². The quantitative estimate of drug-likeness (QED) is 0.894. The lowest BCUT2D eigenvalue weighted by molar-refractivity contribution is 0.0657. The molecule has 0 amide bonds. The normalized spacial score (nSPS) is 20.4. The fourth-order valence-corrected chi connectivity index (χ4v) is 3.55. The predicted molar refractivity (Wildman–Crippen MR) is 82.0 cm³/mol. The van der Waals surface area contributed by atoms with E-state index in [1.807, 2.05) is 0 Å². The topological polar surface area (TPSA) is 29.3 Å². The molecule has 118 valence electrons. The minimum Gasteiger partial charge on any atom is -0.329 e. The summed E-state index contributed by atoms with van der Waals surface area (Å²) in [6, 6.07) is 3.66. The van der Waals surface area contributed by atoms with Gasteiger partial charge in [0.1, 0.15) is 11.6 Å². The highest BCUT2D eigenvalue weighted by molar-refractivity contribution is 5.24. The van der Waals surface area contributed by atoms with Crippen LogP contribution in [0.4, 0.5) is 8.78 Å². The smallest absolute Gasteiger partial charge is 0.130 e. The minimum atomic E-state index is -0.492. The van der Waals surface area contributed by atoms with E-state index in [2.05, 4.69) is 18.7 Å². The van der Waals surface area contributed by atoms with Gasteiger partial charge in [-0.2, -0.15) is 0 Å². The van der Waals surface area contributed by atoms with Gasteiger partial charge in [-0.15, -0.1) is 0 Å². The van der Waals surface area contributed by atoms with E-state index in [9.17, 15) is 8.78 Å². The first-order valence-electron chi connectivity index (χ1n) is 7.95. The second-order valence-corrected chi connectivity index (χ2v) is 6.13. The van der Waals surface area contributed by atoms with E-state index >= 15 is 0 Å². The van der Waals surface area contributed by atoms with Crippen molar-refractivity contribution < 1.29 is 8.78 Å². The van der Waals surface area contributed by atoms with Crippen LogP contribution in [0.3, 0.4) is 0 Å². The van der Waals surface area contributed by atoms with E-state index < -0.39 is 11.6 Å². The maximum Gasteiger partial charge on any atom is 0.130 e. The Morgan fingerprint density at radius 3 is 2.10 bits per heavy atom. The average Bonchev–Trinajstić information content (AvgIpc) is 2.51. The van der Waals surface area contributed by atoms with Crippen molar-refractivity contribution in [3.05, 3.63) is 35.4 Å². The van der Waals surface area contributed by atoms with E-state index in [1.165, 1.54) is 31.0 Å². The van der Waals surface area contributed by atoms with Crippen molar-refractivity contribution in [3.63, 3.8) is 0 Å². The van der Waals surface area contributed by atoms with Gasteiger partial charge in [-0.3, -0.25) is 4.90 Å². The predicted octanol–water partition coefficient (Wildman–Crippen LogP) is 3.87. The molecule has 0 saturated carbocycles. The first-order valence-corrected chi connectivity index (χ1v) is 7.95. The molecule has 1 aromatic carbocycles. The third-order valence-electron chi connectivity index (χ3n) is 5.36. The molecular weight excluding hydrogens is 270 g/mol. The zero-order valence-corrected chi connectivity index (χ0v) is 13.0. The zero-order chi connectivity index (χ0) is 15.5. The van der Waals surface area contributed by atoms with Crippen molar-refractivity contribution in [2.45, 2.75) is 45.6 Å². The van der Waals surface area contributed by atoms with Crippen molar-refractivity contribution in [3.8, 4) is 0 Å². The van der Waals surface area contributed by atoms with Crippen molar-refractivity contribution >= 4 is 0 Å². The molecule has 0 spiro atoms. The summed E-state index contributed by atoms with van der Waals surface area (Å²) in [7, 11) is 0. The lowest BCUT2D eigenvalue weighted by Crippen LogP contribution is -2.44. The van der Waals surface area contributed by atoms with E-state index in [4.69, 9.17) is 5.73 Å². The Bertz CT molecular complexity index is 442. The molecule has 1 atom stereocenters. The summed E-state index contributed by atoms with van der Waals surface area (Å²) in [6.07, 6.45) is 4.48. The Labute approximate surface area is 126 Å². The summed E-state index contributed by atoms with van der Waals surface area (Å²) in [6.45, 7) is 6.42. The van der Waals surface area contributed by atoms with Crippen LogP contribution in [-0.4, -0.2) is 24.5 Å². The van der Waals surface area contributed by atoms with Gasteiger partial charge in [-0.05, 0) is 43.5 Å². The van der Waals surface area contributed by atoms with Crippen LogP contribution in [-0.2, 0) is 0 Å². The molecule has 1 saturated heterocycles. The molecule has 1 heterocycles. The SMILES string of the molecule is CCC1(CC)CCN(C(CN)c2c(F)cccc2F)CC1. The van der Waals surface area contributed by atoms with Gasteiger partial charge >= 0.3 is 0 Å². The van der Waals surface area contributed by atoms with Crippen LogP contribution in [0.5, 0.6) is 0 Å². The largest absolute Gasteiger partial charge is 0.329 e. The molecular formula is C17H26F2N2. The number of nitrogens with two attached hydrogens (primary N) is 1. The van der Waals surface area contributed by atoms with E-state index in [0.29, 0.717) is 5.41 Å². The number of nitrogens with zero attached hydrogens (tertiary/aromatic N) is 1. The first kappa shape index (κ1) is 16.4. The molecule has 2 nitrogen and oxygen atoms in total. The highest BCUT2D eigenvalue weighted by Crippen LogP contribution is 2.40. The van der Waals surface area contributed by atoms with Gasteiger partial charge in [-0.1, -0.05) is 32.8 Å². The summed E-state index contributed by atoms with van der Waals surface area (Å²) in [5.41, 5.74) is 6.35. The third kappa shape index (κ3) is 3.27. The van der Waals surface area contributed by atoms with Gasteiger partial charge in [0.25, 0.3) is 0 Å².